The molecule has 0 aromatic heterocycles. The van der Waals surface area contributed by atoms with Gasteiger partial charge in [-0.05, 0) is 48.2 Å². The van der Waals surface area contributed by atoms with Crippen molar-refractivity contribution in [3.63, 3.8) is 0 Å². The molecule has 2 aromatic carbocycles. The van der Waals surface area contributed by atoms with Crippen LogP contribution in [0.25, 0.3) is 0 Å². The van der Waals surface area contributed by atoms with E-state index in [0.717, 1.165) is 28.6 Å². The van der Waals surface area contributed by atoms with Crippen LogP contribution >= 0.6 is 27.5 Å². The van der Waals surface area contributed by atoms with E-state index >= 15 is 0 Å². The van der Waals surface area contributed by atoms with E-state index in [4.69, 9.17) is 22.1 Å². The molecule has 1 atom stereocenters. The van der Waals surface area contributed by atoms with Crippen molar-refractivity contribution in [3.05, 3.63) is 63.1 Å². The second-order valence-corrected chi connectivity index (χ2v) is 5.95. The zero-order valence-electron chi connectivity index (χ0n) is 11.3. The minimum absolute atomic E-state index is 0.0104. The maximum absolute atomic E-state index is 6.25. The molecule has 0 bridgehead atoms. The normalized spacial score (nSPS) is 12.2. The summed E-state index contributed by atoms with van der Waals surface area (Å²) in [5, 5.41) is 0.711. The highest BCUT2D eigenvalue weighted by Gasteiger charge is 2.10. The Balaban J connectivity index is 1.98. The molecule has 0 heterocycles. The zero-order valence-corrected chi connectivity index (χ0v) is 13.6. The second-order valence-electron chi connectivity index (χ2n) is 4.66. The van der Waals surface area contributed by atoms with Crippen molar-refractivity contribution in [2.24, 2.45) is 5.73 Å². The van der Waals surface area contributed by atoms with E-state index in [2.05, 4.69) is 28.1 Å². The molecule has 2 N–H and O–H groups in total. The van der Waals surface area contributed by atoms with Gasteiger partial charge < -0.3 is 10.5 Å². The summed E-state index contributed by atoms with van der Waals surface area (Å²) >= 11 is 9.45. The highest BCUT2D eigenvalue weighted by Crippen LogP contribution is 2.28. The van der Waals surface area contributed by atoms with Crippen LogP contribution in [0.1, 0.15) is 23.6 Å². The number of halogens is 2. The fourth-order valence-corrected chi connectivity index (χ4v) is 3.05. The molecule has 0 fully saturated rings. The van der Waals surface area contributed by atoms with E-state index in [9.17, 15) is 0 Å². The lowest BCUT2D eigenvalue weighted by Gasteiger charge is -2.14. The number of benzene rings is 2. The number of ether oxygens (including phenoxy) is 1. The highest BCUT2D eigenvalue weighted by molar-refractivity contribution is 9.10. The minimum Gasteiger partial charge on any atom is -0.497 e. The Kier molecular flexibility index (Phi) is 5.46. The van der Waals surface area contributed by atoms with Gasteiger partial charge in [-0.3, -0.25) is 0 Å². The predicted molar refractivity (Wildman–Crippen MR) is 87.4 cm³/mol. The van der Waals surface area contributed by atoms with Gasteiger partial charge in [-0.15, -0.1) is 0 Å². The number of hydrogen-bond acceptors (Lipinski definition) is 2. The van der Waals surface area contributed by atoms with Crippen LogP contribution in [-0.2, 0) is 6.42 Å². The van der Waals surface area contributed by atoms with Crippen molar-refractivity contribution in [1.29, 1.82) is 0 Å². The quantitative estimate of drug-likeness (QED) is 0.841. The Bertz CT molecular complexity index is 571. The van der Waals surface area contributed by atoms with E-state index in [1.165, 1.54) is 5.56 Å². The third-order valence-corrected chi connectivity index (χ3v) is 4.19. The van der Waals surface area contributed by atoms with Gasteiger partial charge in [0, 0.05) is 15.5 Å². The molecule has 0 saturated heterocycles. The summed E-state index contributed by atoms with van der Waals surface area (Å²) in [6, 6.07) is 13.8. The van der Waals surface area contributed by atoms with Crippen molar-refractivity contribution < 1.29 is 4.74 Å². The average Bonchev–Trinajstić information content (AvgIpc) is 2.45. The van der Waals surface area contributed by atoms with Gasteiger partial charge in [0.2, 0.25) is 0 Å². The van der Waals surface area contributed by atoms with Crippen molar-refractivity contribution >= 4 is 27.5 Å². The van der Waals surface area contributed by atoms with Crippen molar-refractivity contribution in [2.75, 3.05) is 7.11 Å². The Hall–Kier alpha value is -1.03. The van der Waals surface area contributed by atoms with E-state index in [0.29, 0.717) is 5.02 Å². The average molecular weight is 355 g/mol. The van der Waals surface area contributed by atoms with Crippen LogP contribution in [0.15, 0.2) is 46.9 Å². The summed E-state index contributed by atoms with van der Waals surface area (Å²) in [6.07, 6.45) is 1.81. The van der Waals surface area contributed by atoms with Crippen LogP contribution < -0.4 is 10.5 Å². The van der Waals surface area contributed by atoms with Crippen LogP contribution in [0.3, 0.4) is 0 Å². The second kappa shape index (κ2) is 7.11. The lowest BCUT2D eigenvalue weighted by Crippen LogP contribution is -2.12. The molecular formula is C16H17BrClNO. The van der Waals surface area contributed by atoms with Crippen molar-refractivity contribution in [1.82, 2.24) is 0 Å². The molecular weight excluding hydrogens is 338 g/mol. The third-order valence-electron chi connectivity index (χ3n) is 3.27. The van der Waals surface area contributed by atoms with Crippen LogP contribution in [0.5, 0.6) is 5.75 Å². The first-order chi connectivity index (χ1) is 9.60. The monoisotopic (exact) mass is 353 g/mol. The molecule has 0 spiro atoms. The maximum atomic E-state index is 6.25. The SMILES string of the molecule is COc1ccc(CCC(N)c2ccc(Cl)cc2Br)cc1. The van der Waals surface area contributed by atoms with E-state index in [1.54, 1.807) is 7.11 Å². The molecule has 0 aliphatic carbocycles. The standard InChI is InChI=1S/C16H17BrClNO/c1-20-13-6-2-11(3-7-13)4-9-16(19)14-8-5-12(18)10-15(14)17/h2-3,5-8,10,16H,4,9,19H2,1H3. The predicted octanol–water partition coefficient (Wildman–Crippen LogP) is 4.74. The summed E-state index contributed by atoms with van der Waals surface area (Å²) in [4.78, 5) is 0. The molecule has 0 radical (unpaired) electrons. The fourth-order valence-electron chi connectivity index (χ4n) is 2.07. The first-order valence-electron chi connectivity index (χ1n) is 6.43. The Morgan fingerprint density at radius 1 is 1.20 bits per heavy atom. The fraction of sp³-hybridized carbons (Fsp3) is 0.250. The van der Waals surface area contributed by atoms with Crippen LogP contribution in [0.2, 0.25) is 5.02 Å². The van der Waals surface area contributed by atoms with E-state index < -0.39 is 0 Å². The number of nitrogens with two attached hydrogens (primary N) is 1. The maximum Gasteiger partial charge on any atom is 0.118 e. The molecule has 0 aliphatic heterocycles. The topological polar surface area (TPSA) is 35.2 Å². The molecule has 2 nitrogen and oxygen atoms in total. The van der Waals surface area contributed by atoms with Gasteiger partial charge >= 0.3 is 0 Å². The Labute approximate surface area is 133 Å². The smallest absolute Gasteiger partial charge is 0.118 e. The van der Waals surface area contributed by atoms with Crippen LogP contribution in [0, 0.1) is 0 Å². The summed E-state index contributed by atoms with van der Waals surface area (Å²) in [5.74, 6) is 0.874. The van der Waals surface area contributed by atoms with Crippen LogP contribution in [0.4, 0.5) is 0 Å². The number of aryl methyl sites for hydroxylation is 1. The first-order valence-corrected chi connectivity index (χ1v) is 7.60. The highest BCUT2D eigenvalue weighted by atomic mass is 79.9. The van der Waals surface area contributed by atoms with Gasteiger partial charge in [-0.25, -0.2) is 0 Å². The van der Waals surface area contributed by atoms with Gasteiger partial charge in [0.25, 0.3) is 0 Å². The van der Waals surface area contributed by atoms with E-state index in [1.807, 2.05) is 30.3 Å². The number of hydrogen-bond donors (Lipinski definition) is 1. The molecule has 0 amide bonds. The Morgan fingerprint density at radius 3 is 2.50 bits per heavy atom. The largest absolute Gasteiger partial charge is 0.497 e. The molecule has 2 aromatic rings. The first kappa shape index (κ1) is 15.4. The molecule has 1 unspecified atom stereocenters. The summed E-state index contributed by atoms with van der Waals surface area (Å²) < 4.78 is 6.11. The van der Waals surface area contributed by atoms with Gasteiger partial charge in [0.1, 0.15) is 5.75 Å². The van der Waals surface area contributed by atoms with Crippen molar-refractivity contribution in [2.45, 2.75) is 18.9 Å². The molecule has 20 heavy (non-hydrogen) atoms. The molecule has 0 aliphatic rings. The van der Waals surface area contributed by atoms with Gasteiger partial charge in [-0.2, -0.15) is 0 Å². The van der Waals surface area contributed by atoms with Crippen LogP contribution in [-0.4, -0.2) is 7.11 Å². The number of methoxy groups -OCH3 is 1. The summed E-state index contributed by atoms with van der Waals surface area (Å²) in [7, 11) is 1.67. The molecule has 2 rings (SSSR count). The number of rotatable bonds is 5. The molecule has 106 valence electrons. The summed E-state index contributed by atoms with van der Waals surface area (Å²) in [6.45, 7) is 0. The van der Waals surface area contributed by atoms with Crippen molar-refractivity contribution in [3.8, 4) is 5.75 Å². The third kappa shape index (κ3) is 3.98. The summed E-state index contributed by atoms with van der Waals surface area (Å²) in [5.41, 5.74) is 8.59. The lowest BCUT2D eigenvalue weighted by atomic mass is 10.00. The lowest BCUT2D eigenvalue weighted by molar-refractivity contribution is 0.414. The van der Waals surface area contributed by atoms with Gasteiger partial charge in [0.15, 0.2) is 0 Å². The van der Waals surface area contributed by atoms with Gasteiger partial charge in [0.05, 0.1) is 7.11 Å². The Morgan fingerprint density at radius 2 is 1.90 bits per heavy atom. The minimum atomic E-state index is -0.0104. The molecule has 4 heteroatoms. The zero-order chi connectivity index (χ0) is 14.5. The van der Waals surface area contributed by atoms with E-state index in [-0.39, 0.29) is 6.04 Å². The molecule has 0 saturated carbocycles. The van der Waals surface area contributed by atoms with Gasteiger partial charge in [-0.1, -0.05) is 45.7 Å².